The van der Waals surface area contributed by atoms with E-state index in [1.165, 1.54) is 20.8 Å². The lowest BCUT2D eigenvalue weighted by Crippen LogP contribution is -2.51. The molecule has 9 nitrogen and oxygen atoms in total. The van der Waals surface area contributed by atoms with Crippen molar-refractivity contribution >= 4 is 31.2 Å². The van der Waals surface area contributed by atoms with Crippen molar-refractivity contribution in [2.75, 3.05) is 19.8 Å². The highest BCUT2D eigenvalue weighted by atomic mass is 16.6. The molecule has 2 aromatic rings. The Balaban J connectivity index is 1.59. The van der Waals surface area contributed by atoms with Crippen LogP contribution in [-0.4, -0.2) is 63.9 Å². The Bertz CT molecular complexity index is 1160. The molecular formula is C27H31BO9. The monoisotopic (exact) mass is 510 g/mol. The number of rotatable bonds is 7. The van der Waals surface area contributed by atoms with Crippen LogP contribution in [0.15, 0.2) is 36.4 Å². The van der Waals surface area contributed by atoms with Gasteiger partial charge >= 0.3 is 17.9 Å². The molecule has 1 saturated heterocycles. The first-order chi connectivity index (χ1) is 17.7. The summed E-state index contributed by atoms with van der Waals surface area (Å²) in [7, 11) is 2.04. The summed E-state index contributed by atoms with van der Waals surface area (Å²) in [5.41, 5.74) is 4.17. The fourth-order valence-electron chi connectivity index (χ4n) is 4.65. The molecule has 0 radical (unpaired) electrons. The maximum absolute atomic E-state index is 11.9. The third-order valence-electron chi connectivity index (χ3n) is 6.33. The maximum Gasteiger partial charge on any atom is 0.303 e. The van der Waals surface area contributed by atoms with E-state index in [4.69, 9.17) is 28.4 Å². The minimum Gasteiger partial charge on any atom is -0.486 e. The van der Waals surface area contributed by atoms with Gasteiger partial charge in [-0.15, -0.1) is 0 Å². The van der Waals surface area contributed by atoms with Crippen molar-refractivity contribution in [3.05, 3.63) is 53.1 Å². The van der Waals surface area contributed by atoms with E-state index >= 15 is 0 Å². The van der Waals surface area contributed by atoms with E-state index in [9.17, 15) is 14.4 Å². The normalized spacial score (nSPS) is 22.6. The Labute approximate surface area is 216 Å². The van der Waals surface area contributed by atoms with Crippen LogP contribution in [0.3, 0.4) is 0 Å². The predicted octanol–water partition coefficient (Wildman–Crippen LogP) is 1.56. The number of carbonyl (C=O) groups excluding carboxylic acids is 3. The summed E-state index contributed by atoms with van der Waals surface area (Å²) in [6.07, 6.45) is -2.00. The Morgan fingerprint density at radius 1 is 0.919 bits per heavy atom. The average Bonchev–Trinajstić information content (AvgIpc) is 2.84. The first-order valence-corrected chi connectivity index (χ1v) is 12.3. The molecule has 0 saturated carbocycles. The first kappa shape index (κ1) is 26.5. The Morgan fingerprint density at radius 3 is 2.35 bits per heavy atom. The number of hydrogen-bond acceptors (Lipinski definition) is 9. The van der Waals surface area contributed by atoms with Gasteiger partial charge in [0.05, 0.1) is 6.10 Å². The average molecular weight is 510 g/mol. The zero-order valence-corrected chi connectivity index (χ0v) is 21.5. The minimum absolute atomic E-state index is 0.141. The highest BCUT2D eigenvalue weighted by molar-refractivity contribution is 6.33. The standard InChI is InChI=1S/C27H31BO9/c1-15(29)34-14-26-27(36-17(3)31)25(35-16(2)30)13-23(37-26)19-5-6-21(28)20(12-19)10-18-4-7-22-24(11-18)33-9-8-32-22/h4-7,11-12,23,25-27H,8-10,13-14,28H2,1-3H3/t23-,25-,26-,27?/m1/s1. The Hall–Kier alpha value is -3.53. The smallest absolute Gasteiger partial charge is 0.303 e. The van der Waals surface area contributed by atoms with E-state index in [-0.39, 0.29) is 13.0 Å². The van der Waals surface area contributed by atoms with Gasteiger partial charge in [0.15, 0.2) is 17.6 Å². The van der Waals surface area contributed by atoms with E-state index in [0.29, 0.717) is 19.6 Å². The number of fused-ring (bicyclic) bond motifs is 1. The molecule has 4 atom stereocenters. The molecule has 2 heterocycles. The van der Waals surface area contributed by atoms with Crippen LogP contribution in [0.4, 0.5) is 0 Å². The van der Waals surface area contributed by atoms with Crippen LogP contribution in [0.1, 0.15) is 50.0 Å². The molecule has 4 rings (SSSR count). The summed E-state index contributed by atoms with van der Waals surface area (Å²) >= 11 is 0. The summed E-state index contributed by atoms with van der Waals surface area (Å²) in [5, 5.41) is 0. The minimum atomic E-state index is -0.903. The SMILES string of the molecule is Bc1ccc([C@H]2C[C@@H](OC(C)=O)C(OC(C)=O)[C@@H](COC(C)=O)O2)cc1Cc1ccc2c(c1)OCCO2. The molecule has 0 bridgehead atoms. The third-order valence-corrected chi connectivity index (χ3v) is 6.33. The molecule has 196 valence electrons. The molecule has 0 spiro atoms. The van der Waals surface area contributed by atoms with Crippen LogP contribution < -0.4 is 14.9 Å². The molecule has 37 heavy (non-hydrogen) atoms. The molecular weight excluding hydrogens is 479 g/mol. The van der Waals surface area contributed by atoms with Crippen LogP contribution >= 0.6 is 0 Å². The molecule has 2 aliphatic rings. The van der Waals surface area contributed by atoms with Gasteiger partial charge in [0.2, 0.25) is 0 Å². The molecule has 10 heteroatoms. The fraction of sp³-hybridized carbons (Fsp3) is 0.444. The van der Waals surface area contributed by atoms with E-state index in [1.54, 1.807) is 0 Å². The summed E-state index contributed by atoms with van der Waals surface area (Å²) in [4.78, 5) is 35.1. The van der Waals surface area contributed by atoms with Crippen LogP contribution in [0.5, 0.6) is 11.5 Å². The van der Waals surface area contributed by atoms with Gasteiger partial charge in [0.25, 0.3) is 0 Å². The number of carbonyl (C=O) groups is 3. The van der Waals surface area contributed by atoms with Crippen LogP contribution in [0.25, 0.3) is 0 Å². The van der Waals surface area contributed by atoms with Gasteiger partial charge in [-0.2, -0.15) is 0 Å². The second-order valence-corrected chi connectivity index (χ2v) is 9.26. The van der Waals surface area contributed by atoms with Gasteiger partial charge in [-0.25, -0.2) is 0 Å². The van der Waals surface area contributed by atoms with E-state index in [2.05, 4.69) is 6.07 Å². The summed E-state index contributed by atoms with van der Waals surface area (Å²) in [6.45, 7) is 4.78. The lowest BCUT2D eigenvalue weighted by Gasteiger charge is -2.40. The van der Waals surface area contributed by atoms with Gasteiger partial charge in [0.1, 0.15) is 39.9 Å². The van der Waals surface area contributed by atoms with E-state index < -0.39 is 42.3 Å². The highest BCUT2D eigenvalue weighted by Gasteiger charge is 2.44. The van der Waals surface area contributed by atoms with Gasteiger partial charge in [-0.05, 0) is 35.2 Å². The van der Waals surface area contributed by atoms with E-state index in [0.717, 1.165) is 33.7 Å². The Kier molecular flexibility index (Phi) is 8.38. The molecule has 0 aromatic heterocycles. The third kappa shape index (κ3) is 6.83. The lowest BCUT2D eigenvalue weighted by atomic mass is 9.84. The van der Waals surface area contributed by atoms with Gasteiger partial charge < -0.3 is 28.4 Å². The summed E-state index contributed by atoms with van der Waals surface area (Å²) in [5.74, 6) is -0.0596. The predicted molar refractivity (Wildman–Crippen MR) is 135 cm³/mol. The highest BCUT2D eigenvalue weighted by Crippen LogP contribution is 2.36. The van der Waals surface area contributed by atoms with Crippen molar-refractivity contribution in [3.63, 3.8) is 0 Å². The largest absolute Gasteiger partial charge is 0.486 e. The summed E-state index contributed by atoms with van der Waals surface area (Å²) < 4.78 is 33.8. The fourth-order valence-corrected chi connectivity index (χ4v) is 4.65. The van der Waals surface area contributed by atoms with Crippen molar-refractivity contribution < 1.29 is 42.8 Å². The lowest BCUT2D eigenvalue weighted by molar-refractivity contribution is -0.216. The molecule has 0 amide bonds. The van der Waals surface area contributed by atoms with Gasteiger partial charge in [0, 0.05) is 27.2 Å². The number of esters is 3. The number of hydrogen-bond donors (Lipinski definition) is 0. The molecule has 1 fully saturated rings. The van der Waals surface area contributed by atoms with Crippen molar-refractivity contribution in [1.29, 1.82) is 0 Å². The van der Waals surface area contributed by atoms with Crippen molar-refractivity contribution in [2.24, 2.45) is 0 Å². The van der Waals surface area contributed by atoms with Crippen LogP contribution in [0, 0.1) is 0 Å². The molecule has 0 aliphatic carbocycles. The van der Waals surface area contributed by atoms with E-state index in [1.807, 2.05) is 38.2 Å². The number of benzene rings is 2. The molecule has 0 N–H and O–H groups in total. The van der Waals surface area contributed by atoms with Crippen molar-refractivity contribution in [1.82, 2.24) is 0 Å². The zero-order chi connectivity index (χ0) is 26.5. The molecule has 2 aromatic carbocycles. The van der Waals surface area contributed by atoms with Crippen LogP contribution in [0.2, 0.25) is 0 Å². The van der Waals surface area contributed by atoms with Gasteiger partial charge in [-0.1, -0.05) is 29.7 Å². The van der Waals surface area contributed by atoms with Crippen molar-refractivity contribution in [3.8, 4) is 11.5 Å². The van der Waals surface area contributed by atoms with Crippen LogP contribution in [-0.2, 0) is 39.8 Å². The second-order valence-electron chi connectivity index (χ2n) is 9.26. The zero-order valence-electron chi connectivity index (χ0n) is 21.5. The van der Waals surface area contributed by atoms with Crippen molar-refractivity contribution in [2.45, 2.75) is 58.0 Å². The maximum atomic E-state index is 11.9. The summed E-state index contributed by atoms with van der Waals surface area (Å²) in [6, 6.07) is 12.0. The molecule has 2 aliphatic heterocycles. The van der Waals surface area contributed by atoms with Gasteiger partial charge in [-0.3, -0.25) is 14.4 Å². The second kappa shape index (κ2) is 11.7. The first-order valence-electron chi connectivity index (χ1n) is 12.3. The topological polar surface area (TPSA) is 107 Å². The quantitative estimate of drug-likeness (QED) is 0.312. The Morgan fingerprint density at radius 2 is 1.65 bits per heavy atom. The number of ether oxygens (including phenoxy) is 6. The molecule has 1 unspecified atom stereocenters.